The molecule has 0 saturated heterocycles. The lowest BCUT2D eigenvalue weighted by atomic mass is 9.86. The fraction of sp³-hybridized carbons (Fsp3) is 0.375. The third-order valence-electron chi connectivity index (χ3n) is 3.11. The highest BCUT2D eigenvalue weighted by Gasteiger charge is 2.15. The van der Waals surface area contributed by atoms with Crippen molar-refractivity contribution in [2.45, 2.75) is 39.7 Å². The molecule has 1 aromatic heterocycles. The van der Waals surface area contributed by atoms with Crippen molar-refractivity contribution >= 4 is 0 Å². The van der Waals surface area contributed by atoms with Gasteiger partial charge in [-0.05, 0) is 35.6 Å². The largest absolute Gasteiger partial charge is 0.437 e. The zero-order valence-electron chi connectivity index (χ0n) is 12.3. The van der Waals surface area contributed by atoms with Crippen LogP contribution < -0.4 is 4.74 Å². The van der Waals surface area contributed by atoms with Crippen LogP contribution in [0.4, 0.5) is 0 Å². The van der Waals surface area contributed by atoms with Gasteiger partial charge in [0.05, 0.1) is 12.3 Å². The van der Waals surface area contributed by atoms with Crippen molar-refractivity contribution in [3.05, 3.63) is 47.2 Å². The van der Waals surface area contributed by atoms with Crippen LogP contribution in [0.25, 0.3) is 0 Å². The SMILES string of the molecule is Cc1cc(C(C)(C)C)ccc1Oc1ccc(CO)nn1. The topological polar surface area (TPSA) is 55.2 Å². The minimum absolute atomic E-state index is 0.117. The Hall–Kier alpha value is -1.94. The Morgan fingerprint density at radius 3 is 2.35 bits per heavy atom. The van der Waals surface area contributed by atoms with Crippen molar-refractivity contribution in [1.82, 2.24) is 10.2 Å². The van der Waals surface area contributed by atoms with Crippen LogP contribution in [-0.2, 0) is 12.0 Å². The zero-order chi connectivity index (χ0) is 14.8. The summed E-state index contributed by atoms with van der Waals surface area (Å²) in [6, 6.07) is 9.55. The molecule has 20 heavy (non-hydrogen) atoms. The highest BCUT2D eigenvalue weighted by molar-refractivity contribution is 5.40. The lowest BCUT2D eigenvalue weighted by Crippen LogP contribution is -2.11. The molecule has 0 radical (unpaired) electrons. The second-order valence-electron chi connectivity index (χ2n) is 5.85. The molecule has 106 valence electrons. The van der Waals surface area contributed by atoms with Gasteiger partial charge in [0.15, 0.2) is 0 Å². The second kappa shape index (κ2) is 5.59. The second-order valence-corrected chi connectivity index (χ2v) is 5.85. The summed E-state index contributed by atoms with van der Waals surface area (Å²) in [6.07, 6.45) is 0. The highest BCUT2D eigenvalue weighted by atomic mass is 16.5. The third kappa shape index (κ3) is 3.33. The van der Waals surface area contributed by atoms with E-state index >= 15 is 0 Å². The van der Waals surface area contributed by atoms with E-state index in [4.69, 9.17) is 9.84 Å². The lowest BCUT2D eigenvalue weighted by molar-refractivity contribution is 0.274. The molecule has 0 fully saturated rings. The molecule has 0 aliphatic carbocycles. The van der Waals surface area contributed by atoms with Crippen LogP contribution in [0.5, 0.6) is 11.6 Å². The van der Waals surface area contributed by atoms with Crippen molar-refractivity contribution < 1.29 is 9.84 Å². The maximum Gasteiger partial charge on any atom is 0.238 e. The van der Waals surface area contributed by atoms with Crippen LogP contribution in [0.15, 0.2) is 30.3 Å². The predicted octanol–water partition coefficient (Wildman–Crippen LogP) is 3.37. The van der Waals surface area contributed by atoms with Crippen LogP contribution in [0.2, 0.25) is 0 Å². The third-order valence-corrected chi connectivity index (χ3v) is 3.11. The molecule has 4 heteroatoms. The van der Waals surface area contributed by atoms with Gasteiger partial charge in [-0.15, -0.1) is 10.2 Å². The van der Waals surface area contributed by atoms with E-state index in [2.05, 4.69) is 43.1 Å². The summed E-state index contributed by atoms with van der Waals surface area (Å²) in [5.74, 6) is 1.19. The molecule has 1 aromatic carbocycles. The Kier molecular flexibility index (Phi) is 4.04. The highest BCUT2D eigenvalue weighted by Crippen LogP contribution is 2.29. The van der Waals surface area contributed by atoms with E-state index in [0.29, 0.717) is 11.6 Å². The van der Waals surface area contributed by atoms with Gasteiger partial charge in [0.25, 0.3) is 0 Å². The molecule has 0 unspecified atom stereocenters. The molecule has 0 aliphatic rings. The van der Waals surface area contributed by atoms with E-state index in [0.717, 1.165) is 11.3 Å². The van der Waals surface area contributed by atoms with Gasteiger partial charge in [-0.3, -0.25) is 0 Å². The molecule has 1 heterocycles. The zero-order valence-corrected chi connectivity index (χ0v) is 12.3. The molecule has 0 aliphatic heterocycles. The van der Waals surface area contributed by atoms with Gasteiger partial charge >= 0.3 is 0 Å². The summed E-state index contributed by atoms with van der Waals surface area (Å²) in [7, 11) is 0. The minimum atomic E-state index is -0.118. The number of aliphatic hydroxyl groups excluding tert-OH is 1. The number of benzene rings is 1. The van der Waals surface area contributed by atoms with Crippen LogP contribution in [0.3, 0.4) is 0 Å². The molecule has 0 spiro atoms. The summed E-state index contributed by atoms with van der Waals surface area (Å²) in [4.78, 5) is 0. The fourth-order valence-electron chi connectivity index (χ4n) is 1.83. The molecular formula is C16H20N2O2. The average Bonchev–Trinajstić information content (AvgIpc) is 2.41. The van der Waals surface area contributed by atoms with E-state index in [-0.39, 0.29) is 12.0 Å². The van der Waals surface area contributed by atoms with E-state index in [1.807, 2.05) is 13.0 Å². The van der Waals surface area contributed by atoms with Crippen LogP contribution in [0.1, 0.15) is 37.6 Å². The molecule has 4 nitrogen and oxygen atoms in total. The van der Waals surface area contributed by atoms with Gasteiger partial charge in [-0.2, -0.15) is 0 Å². The molecule has 2 aromatic rings. The monoisotopic (exact) mass is 272 g/mol. The number of ether oxygens (including phenoxy) is 1. The number of aryl methyl sites for hydroxylation is 1. The van der Waals surface area contributed by atoms with Crippen molar-refractivity contribution in [2.75, 3.05) is 0 Å². The van der Waals surface area contributed by atoms with Gasteiger partial charge < -0.3 is 9.84 Å². The van der Waals surface area contributed by atoms with Gasteiger partial charge in [-0.1, -0.05) is 32.9 Å². The van der Waals surface area contributed by atoms with Crippen LogP contribution >= 0.6 is 0 Å². The number of nitrogens with zero attached hydrogens (tertiary/aromatic N) is 2. The Morgan fingerprint density at radius 2 is 1.85 bits per heavy atom. The predicted molar refractivity (Wildman–Crippen MR) is 77.9 cm³/mol. The maximum absolute atomic E-state index is 8.93. The molecular weight excluding hydrogens is 252 g/mol. The normalized spacial score (nSPS) is 11.4. The Morgan fingerprint density at radius 1 is 1.10 bits per heavy atom. The summed E-state index contributed by atoms with van der Waals surface area (Å²) < 4.78 is 5.72. The Labute approximate surface area is 119 Å². The Bertz CT molecular complexity index is 586. The molecule has 0 amide bonds. The van der Waals surface area contributed by atoms with Crippen molar-refractivity contribution in [3.63, 3.8) is 0 Å². The van der Waals surface area contributed by atoms with E-state index < -0.39 is 0 Å². The van der Waals surface area contributed by atoms with Gasteiger partial charge in [0.1, 0.15) is 5.75 Å². The van der Waals surface area contributed by atoms with Crippen molar-refractivity contribution in [2.24, 2.45) is 0 Å². The summed E-state index contributed by atoms with van der Waals surface area (Å²) in [6.45, 7) is 8.44. The fourth-order valence-corrected chi connectivity index (χ4v) is 1.83. The molecule has 1 N–H and O–H groups in total. The first-order chi connectivity index (χ1) is 9.40. The molecule has 0 atom stereocenters. The summed E-state index contributed by atoms with van der Waals surface area (Å²) in [5.41, 5.74) is 2.97. The van der Waals surface area contributed by atoms with Gasteiger partial charge in [0.2, 0.25) is 5.88 Å². The van der Waals surface area contributed by atoms with Crippen molar-refractivity contribution in [1.29, 1.82) is 0 Å². The molecule has 0 bridgehead atoms. The van der Waals surface area contributed by atoms with Crippen LogP contribution in [0, 0.1) is 6.92 Å². The number of rotatable bonds is 3. The number of hydrogen-bond donors (Lipinski definition) is 1. The number of aliphatic hydroxyl groups is 1. The summed E-state index contributed by atoms with van der Waals surface area (Å²) in [5, 5.41) is 16.7. The minimum Gasteiger partial charge on any atom is -0.437 e. The number of hydrogen-bond acceptors (Lipinski definition) is 4. The average molecular weight is 272 g/mol. The molecule has 0 saturated carbocycles. The summed E-state index contributed by atoms with van der Waals surface area (Å²) >= 11 is 0. The van der Waals surface area contributed by atoms with Crippen LogP contribution in [-0.4, -0.2) is 15.3 Å². The van der Waals surface area contributed by atoms with E-state index in [1.165, 1.54) is 5.56 Å². The molecule has 2 rings (SSSR count). The van der Waals surface area contributed by atoms with E-state index in [9.17, 15) is 0 Å². The van der Waals surface area contributed by atoms with Gasteiger partial charge in [0, 0.05) is 6.07 Å². The first kappa shape index (κ1) is 14.5. The number of aromatic nitrogens is 2. The lowest BCUT2D eigenvalue weighted by Gasteiger charge is -2.20. The maximum atomic E-state index is 8.93. The van der Waals surface area contributed by atoms with Crippen molar-refractivity contribution in [3.8, 4) is 11.6 Å². The van der Waals surface area contributed by atoms with Gasteiger partial charge in [-0.25, -0.2) is 0 Å². The quantitative estimate of drug-likeness (QED) is 0.930. The first-order valence-electron chi connectivity index (χ1n) is 6.62. The first-order valence-corrected chi connectivity index (χ1v) is 6.62. The van der Waals surface area contributed by atoms with E-state index in [1.54, 1.807) is 12.1 Å². The smallest absolute Gasteiger partial charge is 0.238 e. The standard InChI is InChI=1S/C16H20N2O2/c1-11-9-12(16(2,3)4)5-7-14(11)20-15-8-6-13(10-19)17-18-15/h5-9,19H,10H2,1-4H3. The Balaban J connectivity index is 2.21.